The van der Waals surface area contributed by atoms with Crippen molar-refractivity contribution in [3.05, 3.63) is 66.6 Å². The number of amides is 2. The molecule has 0 aliphatic carbocycles. The first kappa shape index (κ1) is 24.6. The fourth-order valence-corrected chi connectivity index (χ4v) is 3.33. The number of rotatable bonds is 7. The highest BCUT2D eigenvalue weighted by atomic mass is 16.6. The lowest BCUT2D eigenvalue weighted by atomic mass is 10.1. The third kappa shape index (κ3) is 6.15. The summed E-state index contributed by atoms with van der Waals surface area (Å²) in [5.74, 6) is 0.737. The molecule has 0 spiro atoms. The minimum absolute atomic E-state index is 0.235. The van der Waals surface area contributed by atoms with Crippen molar-refractivity contribution in [1.82, 2.24) is 25.8 Å². The van der Waals surface area contributed by atoms with E-state index in [-0.39, 0.29) is 18.3 Å². The van der Waals surface area contributed by atoms with Gasteiger partial charge in [-0.2, -0.15) is 0 Å². The average molecular weight is 490 g/mol. The summed E-state index contributed by atoms with van der Waals surface area (Å²) >= 11 is 0. The van der Waals surface area contributed by atoms with Crippen molar-refractivity contribution in [2.45, 2.75) is 45.9 Å². The fraction of sp³-hybridized carbons (Fsp3) is 0.269. The van der Waals surface area contributed by atoms with E-state index in [1.807, 2.05) is 54.6 Å². The molecule has 10 heteroatoms. The molecule has 4 aromatic rings. The molecule has 4 rings (SSSR count). The summed E-state index contributed by atoms with van der Waals surface area (Å²) in [4.78, 5) is 28.6. The van der Waals surface area contributed by atoms with Crippen molar-refractivity contribution in [3.8, 4) is 34.4 Å². The number of nitrogens with one attached hydrogen (secondary N) is 2. The number of oxazole rings is 1. The Kier molecular flexibility index (Phi) is 7.14. The van der Waals surface area contributed by atoms with Crippen molar-refractivity contribution in [2.24, 2.45) is 0 Å². The molecule has 2 amide bonds. The molecule has 36 heavy (non-hydrogen) atoms. The zero-order valence-electron chi connectivity index (χ0n) is 20.4. The molecule has 2 aromatic carbocycles. The van der Waals surface area contributed by atoms with Gasteiger partial charge in [-0.3, -0.25) is 4.79 Å². The minimum atomic E-state index is -0.764. The van der Waals surface area contributed by atoms with Crippen LogP contribution in [0.4, 0.5) is 4.79 Å². The van der Waals surface area contributed by atoms with Crippen molar-refractivity contribution in [2.75, 3.05) is 0 Å². The van der Waals surface area contributed by atoms with Crippen LogP contribution in [0.15, 0.2) is 69.8 Å². The Morgan fingerprint density at radius 1 is 1.00 bits per heavy atom. The maximum Gasteiger partial charge on any atom is 0.408 e. The van der Waals surface area contributed by atoms with Crippen LogP contribution in [0.5, 0.6) is 0 Å². The molecular formula is C26H27N5O5. The predicted molar refractivity (Wildman–Crippen MR) is 131 cm³/mol. The largest absolute Gasteiger partial charge is 0.444 e. The van der Waals surface area contributed by atoms with Crippen LogP contribution in [0.25, 0.3) is 34.4 Å². The molecule has 10 nitrogen and oxygen atoms in total. The number of aromatic nitrogens is 3. The Morgan fingerprint density at radius 3 is 2.47 bits per heavy atom. The minimum Gasteiger partial charge on any atom is -0.444 e. The van der Waals surface area contributed by atoms with Gasteiger partial charge in [0.1, 0.15) is 11.6 Å². The van der Waals surface area contributed by atoms with Crippen LogP contribution in [0.1, 0.15) is 33.3 Å². The van der Waals surface area contributed by atoms with Crippen LogP contribution >= 0.6 is 0 Å². The van der Waals surface area contributed by atoms with Crippen LogP contribution in [0.2, 0.25) is 0 Å². The summed E-state index contributed by atoms with van der Waals surface area (Å²) in [6, 6.07) is 16.1. The molecule has 186 valence electrons. The van der Waals surface area contributed by atoms with Gasteiger partial charge in [0.25, 0.3) is 5.89 Å². The molecule has 0 aliphatic rings. The van der Waals surface area contributed by atoms with Gasteiger partial charge in [-0.1, -0.05) is 36.4 Å². The molecule has 0 aliphatic heterocycles. The Bertz CT molecular complexity index is 1340. The van der Waals surface area contributed by atoms with Crippen LogP contribution < -0.4 is 10.6 Å². The van der Waals surface area contributed by atoms with Gasteiger partial charge in [0.2, 0.25) is 11.8 Å². The number of benzene rings is 2. The van der Waals surface area contributed by atoms with E-state index >= 15 is 0 Å². The molecule has 0 bridgehead atoms. The second-order valence-corrected chi connectivity index (χ2v) is 9.09. The van der Waals surface area contributed by atoms with E-state index in [2.05, 4.69) is 25.8 Å². The molecule has 0 fully saturated rings. The Hall–Kier alpha value is -4.47. The highest BCUT2D eigenvalue weighted by molar-refractivity contribution is 5.85. The number of hydrogen-bond acceptors (Lipinski definition) is 8. The monoisotopic (exact) mass is 489 g/mol. The van der Waals surface area contributed by atoms with Crippen molar-refractivity contribution in [1.29, 1.82) is 0 Å². The van der Waals surface area contributed by atoms with Crippen LogP contribution in [-0.4, -0.2) is 38.8 Å². The number of hydrogen-bond donors (Lipinski definition) is 2. The molecule has 2 aromatic heterocycles. The number of alkyl carbamates (subject to hydrolysis) is 1. The van der Waals surface area contributed by atoms with Gasteiger partial charge in [-0.15, -0.1) is 10.2 Å². The lowest BCUT2D eigenvalue weighted by Crippen LogP contribution is -2.46. The number of carbonyl (C=O) groups is 2. The topological polar surface area (TPSA) is 132 Å². The normalized spacial score (nSPS) is 12.1. The van der Waals surface area contributed by atoms with E-state index in [1.54, 1.807) is 27.7 Å². The summed E-state index contributed by atoms with van der Waals surface area (Å²) < 4.78 is 16.7. The lowest BCUT2D eigenvalue weighted by molar-refractivity contribution is -0.122. The average Bonchev–Trinajstić information content (AvgIpc) is 3.52. The molecule has 2 heterocycles. The summed E-state index contributed by atoms with van der Waals surface area (Å²) in [5, 5.41) is 13.6. The summed E-state index contributed by atoms with van der Waals surface area (Å²) in [7, 11) is 0. The summed E-state index contributed by atoms with van der Waals surface area (Å²) in [6.45, 7) is 7.10. The molecule has 0 radical (unpaired) electrons. The van der Waals surface area contributed by atoms with Crippen molar-refractivity contribution in [3.63, 3.8) is 0 Å². The van der Waals surface area contributed by atoms with E-state index in [9.17, 15) is 9.59 Å². The molecule has 1 unspecified atom stereocenters. The number of ether oxygens (including phenoxy) is 1. The van der Waals surface area contributed by atoms with Gasteiger partial charge >= 0.3 is 6.09 Å². The Labute approximate surface area is 208 Å². The smallest absolute Gasteiger partial charge is 0.408 e. The zero-order valence-corrected chi connectivity index (χ0v) is 20.4. The van der Waals surface area contributed by atoms with Gasteiger partial charge in [0.05, 0.1) is 0 Å². The highest BCUT2D eigenvalue weighted by Crippen LogP contribution is 2.32. The molecule has 2 N–H and O–H groups in total. The highest BCUT2D eigenvalue weighted by Gasteiger charge is 2.22. The van der Waals surface area contributed by atoms with E-state index in [4.69, 9.17) is 13.6 Å². The molecule has 1 atom stereocenters. The van der Waals surface area contributed by atoms with E-state index < -0.39 is 17.7 Å². The first-order valence-corrected chi connectivity index (χ1v) is 11.4. The van der Waals surface area contributed by atoms with E-state index in [0.29, 0.717) is 17.3 Å². The Balaban J connectivity index is 1.43. The lowest BCUT2D eigenvalue weighted by Gasteiger charge is -2.21. The van der Waals surface area contributed by atoms with Gasteiger partial charge in [0.15, 0.2) is 17.8 Å². The molecule has 0 saturated heterocycles. The summed E-state index contributed by atoms with van der Waals surface area (Å²) in [5.41, 5.74) is 2.12. The van der Waals surface area contributed by atoms with Gasteiger partial charge in [-0.25, -0.2) is 9.78 Å². The van der Waals surface area contributed by atoms with E-state index in [0.717, 1.165) is 16.7 Å². The SMILES string of the molecule is CC(NC(=O)OC(C)(C)C)C(=O)NCc1cccc(-c2ocnc2-c2nnc(-c3ccccc3)o2)c1. The fourth-order valence-electron chi connectivity index (χ4n) is 3.33. The third-order valence-electron chi connectivity index (χ3n) is 5.00. The first-order chi connectivity index (χ1) is 17.2. The predicted octanol–water partition coefficient (Wildman–Crippen LogP) is 4.59. The maximum absolute atomic E-state index is 12.5. The second-order valence-electron chi connectivity index (χ2n) is 9.09. The van der Waals surface area contributed by atoms with Crippen molar-refractivity contribution >= 4 is 12.0 Å². The van der Waals surface area contributed by atoms with Gasteiger partial charge in [0, 0.05) is 17.7 Å². The van der Waals surface area contributed by atoms with Crippen LogP contribution in [-0.2, 0) is 16.1 Å². The molecular weight excluding hydrogens is 462 g/mol. The standard InChI is InChI=1S/C26H27N5O5/c1-16(29-25(33)36-26(2,3)4)22(32)27-14-17-9-8-12-19(13-17)21-20(28-15-34-21)24-31-30-23(35-24)18-10-6-5-7-11-18/h5-13,15-16H,14H2,1-4H3,(H,27,32)(H,29,33). The van der Waals surface area contributed by atoms with Crippen molar-refractivity contribution < 1.29 is 23.2 Å². The number of carbonyl (C=O) groups excluding carboxylic acids is 2. The second kappa shape index (κ2) is 10.4. The van der Waals surface area contributed by atoms with Crippen LogP contribution in [0, 0.1) is 0 Å². The quantitative estimate of drug-likeness (QED) is 0.385. The first-order valence-electron chi connectivity index (χ1n) is 11.4. The van der Waals surface area contributed by atoms with Gasteiger partial charge < -0.3 is 24.2 Å². The zero-order chi connectivity index (χ0) is 25.7. The third-order valence-corrected chi connectivity index (χ3v) is 5.00. The summed E-state index contributed by atoms with van der Waals surface area (Å²) in [6.07, 6.45) is 0.664. The number of nitrogens with zero attached hydrogens (tertiary/aromatic N) is 3. The van der Waals surface area contributed by atoms with Gasteiger partial charge in [-0.05, 0) is 51.5 Å². The Morgan fingerprint density at radius 2 is 1.72 bits per heavy atom. The van der Waals surface area contributed by atoms with E-state index in [1.165, 1.54) is 6.39 Å². The van der Waals surface area contributed by atoms with Crippen LogP contribution in [0.3, 0.4) is 0 Å². The maximum atomic E-state index is 12.5. The molecule has 0 saturated carbocycles.